The number of carbonyl (C=O) groups excluding carboxylic acids is 12. The monoisotopic (exact) mass is 1320 g/mol. The van der Waals surface area contributed by atoms with Gasteiger partial charge in [-0.15, -0.1) is 0 Å². The number of Topliss-reactive ketones (excluding diaryl/α,β-unsaturated/α-hetero) is 3. The number of imidazole rings is 2. The van der Waals surface area contributed by atoms with Crippen molar-refractivity contribution in [2.45, 2.75) is 194 Å². The molecule has 2 heterocycles. The van der Waals surface area contributed by atoms with E-state index in [1.54, 1.807) is 25.6 Å². The summed E-state index contributed by atoms with van der Waals surface area (Å²) in [7, 11) is 0. The molecular formula is C65H113N17O12. The average Bonchev–Trinajstić information content (AvgIpc) is 1.23. The number of nitrogens with one attached hydrogen (secondary N) is 13. The Hall–Kier alpha value is -7.50. The molecule has 0 fully saturated rings. The van der Waals surface area contributed by atoms with Crippen LogP contribution in [-0.4, -0.2) is 188 Å². The highest BCUT2D eigenvalue weighted by molar-refractivity contribution is 5.99. The van der Waals surface area contributed by atoms with Crippen LogP contribution in [0.3, 0.4) is 0 Å². The molecule has 0 radical (unpaired) electrons. The Morgan fingerprint density at radius 1 is 0.372 bits per heavy atom. The normalized spacial score (nSPS) is 13.0. The van der Waals surface area contributed by atoms with Crippen molar-refractivity contribution < 1.29 is 57.5 Å². The van der Waals surface area contributed by atoms with E-state index in [4.69, 9.17) is 11.5 Å². The molecule has 94 heavy (non-hydrogen) atoms. The molecule has 17 N–H and O–H groups in total. The zero-order valence-electron chi connectivity index (χ0n) is 56.4. The molecule has 9 amide bonds. The van der Waals surface area contributed by atoms with Crippen molar-refractivity contribution in [1.29, 1.82) is 0 Å². The second-order valence-corrected chi connectivity index (χ2v) is 23.9. The summed E-state index contributed by atoms with van der Waals surface area (Å²) in [6, 6.07) is -3.36. The number of carbonyl (C=O) groups is 12. The number of rotatable bonds is 58. The largest absolute Gasteiger partial charge is 0.356 e. The van der Waals surface area contributed by atoms with Crippen molar-refractivity contribution in [2.75, 3.05) is 85.1 Å². The van der Waals surface area contributed by atoms with Crippen LogP contribution in [0.2, 0.25) is 0 Å². The molecule has 6 atom stereocenters. The number of hydrogen-bond donors (Lipinski definition) is 15. The highest BCUT2D eigenvalue weighted by Crippen LogP contribution is 2.23. The van der Waals surface area contributed by atoms with Crippen LogP contribution in [0, 0.1) is 23.7 Å². The lowest BCUT2D eigenvalue weighted by molar-refractivity contribution is -0.138. The van der Waals surface area contributed by atoms with Gasteiger partial charge in [-0.2, -0.15) is 0 Å². The minimum atomic E-state index is -1.73. The molecule has 0 aliphatic rings. The topological polar surface area (TPSA) is 447 Å². The number of nitrogens with two attached hydrogens (primary N) is 2. The van der Waals surface area contributed by atoms with Gasteiger partial charge in [-0.25, -0.2) is 9.97 Å². The fourth-order valence-electron chi connectivity index (χ4n) is 10.2. The predicted octanol–water partition coefficient (Wildman–Crippen LogP) is 0.631. The summed E-state index contributed by atoms with van der Waals surface area (Å²) in [5, 5.41) is 30.7. The predicted molar refractivity (Wildman–Crippen MR) is 357 cm³/mol. The van der Waals surface area contributed by atoms with Gasteiger partial charge in [0.15, 0.2) is 0 Å². The fourth-order valence-corrected chi connectivity index (χ4v) is 10.2. The molecule has 2 aromatic rings. The summed E-state index contributed by atoms with van der Waals surface area (Å²) in [5.74, 6) is -12.5. The van der Waals surface area contributed by atoms with E-state index in [1.165, 1.54) is 6.33 Å². The lowest BCUT2D eigenvalue weighted by Gasteiger charge is -2.24. The SMILES string of the molecule is CCCCCCNC(=O)CC(NC(=O)CC(CC(=O)C(CC(=O)CC(CC)C(=O)NCCCc1cnc[nH]1)CC(=O)NCCCc1cnc[nH]1)C(=O)NCCCCCC)C(=O)NC(CC(=O)CC(CC(=O)NCCNCCN)C(=O)NCCCC)C(=O)NCCNCCN. The van der Waals surface area contributed by atoms with Gasteiger partial charge in [0, 0.05) is 172 Å². The Bertz CT molecular complexity index is 2540. The summed E-state index contributed by atoms with van der Waals surface area (Å²) in [6.07, 6.45) is 12.2. The summed E-state index contributed by atoms with van der Waals surface area (Å²) in [6.45, 7) is 11.6. The van der Waals surface area contributed by atoms with Gasteiger partial charge in [-0.3, -0.25) is 57.5 Å². The molecular weight excluding hydrogens is 1210 g/mol. The van der Waals surface area contributed by atoms with Crippen molar-refractivity contribution >= 4 is 70.5 Å². The molecule has 0 aliphatic heterocycles. The van der Waals surface area contributed by atoms with Gasteiger partial charge >= 0.3 is 0 Å². The van der Waals surface area contributed by atoms with E-state index in [1.807, 2.05) is 20.8 Å². The molecule has 0 aliphatic carbocycles. The Balaban J connectivity index is 2.56. The second kappa shape index (κ2) is 51.9. The van der Waals surface area contributed by atoms with Crippen LogP contribution in [0.15, 0.2) is 25.0 Å². The maximum absolute atomic E-state index is 14.7. The third-order valence-corrected chi connectivity index (χ3v) is 15.7. The van der Waals surface area contributed by atoms with Gasteiger partial charge in [0.25, 0.3) is 0 Å². The molecule has 0 bridgehead atoms. The number of nitrogens with zero attached hydrogens (tertiary/aromatic N) is 2. The molecule has 2 aromatic heterocycles. The molecule has 0 aromatic carbocycles. The first kappa shape index (κ1) is 82.6. The molecule has 0 saturated heterocycles. The average molecular weight is 1320 g/mol. The Kier molecular flexibility index (Phi) is 45.6. The summed E-state index contributed by atoms with van der Waals surface area (Å²) in [4.78, 5) is 182. The van der Waals surface area contributed by atoms with E-state index < -0.39 is 145 Å². The number of aromatic amines is 2. The van der Waals surface area contributed by atoms with Crippen LogP contribution in [0.25, 0.3) is 0 Å². The first-order chi connectivity index (χ1) is 45.4. The molecule has 29 heteroatoms. The lowest BCUT2D eigenvalue weighted by atomic mass is 9.84. The third-order valence-electron chi connectivity index (χ3n) is 15.7. The number of hydrogen-bond acceptors (Lipinski definition) is 18. The van der Waals surface area contributed by atoms with E-state index in [9.17, 15) is 57.5 Å². The van der Waals surface area contributed by atoms with Crippen LogP contribution in [0.1, 0.15) is 180 Å². The molecule has 29 nitrogen and oxygen atoms in total. The minimum absolute atomic E-state index is 0.0284. The van der Waals surface area contributed by atoms with Crippen molar-refractivity contribution in [3.63, 3.8) is 0 Å². The standard InChI is InChI=1S/C65H113N17O12/c1-5-9-12-14-23-72-59(88)41-55(65(94)82-54(64(93)78-32-30-69-28-21-67)40-53(84)35-48(62(91)75-22-11-7-3)38-58(87)74-31-29-68-27-20-66)81-60(89)39-49(63(92)76-24-15-13-10-6-2)36-56(85)47(37-57(86)73-25-16-18-50-42-70-44-79-50)34-52(83)33-46(8-4)61(90)77-26-17-19-51-43-71-45-80-51/h42-49,54-55,68-69H,5-41,66-67H2,1-4H3,(H,70,79)(H,71,80)(H,72,88)(H,73,86)(H,74,87)(H,75,91)(H,76,92)(H,77,90)(H,78,93)(H,81,89)(H,82,94). The van der Waals surface area contributed by atoms with Gasteiger partial charge in [-0.1, -0.05) is 72.6 Å². The Morgan fingerprint density at radius 3 is 1.32 bits per heavy atom. The molecule has 0 saturated carbocycles. The van der Waals surface area contributed by atoms with Crippen LogP contribution < -0.4 is 70.0 Å². The van der Waals surface area contributed by atoms with Gasteiger partial charge in [0.1, 0.15) is 29.4 Å². The smallest absolute Gasteiger partial charge is 0.243 e. The van der Waals surface area contributed by atoms with E-state index in [0.29, 0.717) is 90.6 Å². The lowest BCUT2D eigenvalue weighted by Crippen LogP contribution is -2.56. The number of H-pyrrole nitrogens is 2. The van der Waals surface area contributed by atoms with Crippen LogP contribution in [0.5, 0.6) is 0 Å². The zero-order chi connectivity index (χ0) is 69.1. The van der Waals surface area contributed by atoms with Crippen LogP contribution >= 0.6 is 0 Å². The zero-order valence-corrected chi connectivity index (χ0v) is 56.4. The summed E-state index contributed by atoms with van der Waals surface area (Å²) in [5.41, 5.74) is 12.9. The van der Waals surface area contributed by atoms with Crippen molar-refractivity contribution in [3.8, 4) is 0 Å². The van der Waals surface area contributed by atoms with Crippen molar-refractivity contribution in [3.05, 3.63) is 36.4 Å². The number of ketones is 3. The Morgan fingerprint density at radius 2 is 0.787 bits per heavy atom. The third kappa shape index (κ3) is 38.6. The number of unbranched alkanes of at least 4 members (excludes halogenated alkanes) is 7. The second-order valence-electron chi connectivity index (χ2n) is 23.9. The highest BCUT2D eigenvalue weighted by atomic mass is 16.2. The molecule has 2 rings (SSSR count). The van der Waals surface area contributed by atoms with E-state index in [-0.39, 0.29) is 64.6 Å². The molecule has 6 unspecified atom stereocenters. The summed E-state index contributed by atoms with van der Waals surface area (Å²) < 4.78 is 0. The number of aryl methyl sites for hydroxylation is 2. The van der Waals surface area contributed by atoms with Crippen LogP contribution in [-0.2, 0) is 70.4 Å². The maximum Gasteiger partial charge on any atom is 0.243 e. The van der Waals surface area contributed by atoms with Gasteiger partial charge in [0.2, 0.25) is 53.2 Å². The minimum Gasteiger partial charge on any atom is -0.356 e. The van der Waals surface area contributed by atoms with E-state index >= 15 is 0 Å². The van der Waals surface area contributed by atoms with Gasteiger partial charge in [0.05, 0.1) is 30.9 Å². The van der Waals surface area contributed by atoms with E-state index in [0.717, 1.165) is 56.3 Å². The highest BCUT2D eigenvalue weighted by Gasteiger charge is 2.35. The van der Waals surface area contributed by atoms with E-state index in [2.05, 4.69) is 78.4 Å². The fraction of sp³-hybridized carbons (Fsp3) is 0.723. The number of aromatic nitrogens is 4. The molecule has 530 valence electrons. The quantitative estimate of drug-likeness (QED) is 0.0404. The van der Waals surface area contributed by atoms with Gasteiger partial charge < -0.3 is 79.9 Å². The summed E-state index contributed by atoms with van der Waals surface area (Å²) >= 11 is 0. The van der Waals surface area contributed by atoms with Crippen molar-refractivity contribution in [2.24, 2.45) is 35.1 Å². The Labute approximate surface area is 555 Å². The van der Waals surface area contributed by atoms with Gasteiger partial charge in [-0.05, 0) is 51.4 Å². The number of amides is 9. The first-order valence-electron chi connectivity index (χ1n) is 34.2. The van der Waals surface area contributed by atoms with Crippen LogP contribution in [0.4, 0.5) is 0 Å². The molecule has 0 spiro atoms. The van der Waals surface area contributed by atoms with Crippen molar-refractivity contribution in [1.82, 2.24) is 78.4 Å². The maximum atomic E-state index is 14.7. The first-order valence-corrected chi connectivity index (χ1v) is 34.2.